The lowest BCUT2D eigenvalue weighted by atomic mass is 9.84. The van der Waals surface area contributed by atoms with Crippen molar-refractivity contribution < 1.29 is 19.5 Å². The number of likely N-dealkylation sites (N-methyl/N-ethyl adjacent to an activating group) is 2. The molecule has 1 heterocycles. The van der Waals surface area contributed by atoms with Gasteiger partial charge >= 0.3 is 5.97 Å². The van der Waals surface area contributed by atoms with Crippen LogP contribution >= 0.6 is 0 Å². The van der Waals surface area contributed by atoms with Crippen LogP contribution in [-0.2, 0) is 14.4 Å². The minimum atomic E-state index is -1.00. The molecule has 1 rings (SSSR count). The maximum absolute atomic E-state index is 13.5. The van der Waals surface area contributed by atoms with E-state index >= 15 is 0 Å². The number of carbonyl (C=O) groups is 3. The van der Waals surface area contributed by atoms with Crippen molar-refractivity contribution in [2.24, 2.45) is 17.3 Å². The molecule has 0 aromatic heterocycles. The first-order valence-corrected chi connectivity index (χ1v) is 10.9. The number of carboxylic acid groups (broad SMARTS) is 1. The Morgan fingerprint density at radius 3 is 2.23 bits per heavy atom. The Bertz CT molecular complexity index is 656. The summed E-state index contributed by atoms with van der Waals surface area (Å²) in [5.74, 6) is -1.09. The lowest BCUT2D eigenvalue weighted by Crippen LogP contribution is -2.60. The van der Waals surface area contributed by atoms with Gasteiger partial charge in [0.2, 0.25) is 11.8 Å². The van der Waals surface area contributed by atoms with Gasteiger partial charge < -0.3 is 15.3 Å². The number of nitrogens with zero attached hydrogens (tertiary/aromatic N) is 2. The van der Waals surface area contributed by atoms with E-state index in [-0.39, 0.29) is 41.3 Å². The molecule has 0 aromatic carbocycles. The van der Waals surface area contributed by atoms with E-state index in [1.807, 2.05) is 41.7 Å². The third-order valence-electron chi connectivity index (χ3n) is 6.09. The summed E-state index contributed by atoms with van der Waals surface area (Å²) < 4.78 is 0. The Kier molecular flexibility index (Phi) is 9.08. The quantitative estimate of drug-likeness (QED) is 0.615. The van der Waals surface area contributed by atoms with Crippen molar-refractivity contribution in [2.75, 3.05) is 20.6 Å². The zero-order valence-electron chi connectivity index (χ0n) is 20.2. The van der Waals surface area contributed by atoms with Gasteiger partial charge in [0.25, 0.3) is 0 Å². The Balaban J connectivity index is 3.15. The first-order chi connectivity index (χ1) is 13.7. The second-order valence-corrected chi connectivity index (χ2v) is 10.2. The summed E-state index contributed by atoms with van der Waals surface area (Å²) >= 11 is 0. The van der Waals surface area contributed by atoms with Crippen LogP contribution in [0.1, 0.15) is 61.3 Å². The summed E-state index contributed by atoms with van der Waals surface area (Å²) in [7, 11) is 3.63. The smallest absolute Gasteiger partial charge is 0.331 e. The molecule has 0 aromatic rings. The number of hydrogen-bond acceptors (Lipinski definition) is 4. The monoisotopic (exact) mass is 423 g/mol. The zero-order chi connectivity index (χ0) is 23.4. The van der Waals surface area contributed by atoms with Gasteiger partial charge in [-0.15, -0.1) is 0 Å². The van der Waals surface area contributed by atoms with Gasteiger partial charge in [0, 0.05) is 12.6 Å². The van der Waals surface area contributed by atoms with Crippen molar-refractivity contribution >= 4 is 17.8 Å². The molecule has 7 nitrogen and oxygen atoms in total. The molecule has 172 valence electrons. The lowest BCUT2D eigenvalue weighted by molar-refractivity contribution is -0.142. The molecule has 0 aliphatic carbocycles. The molecule has 1 aliphatic heterocycles. The fourth-order valence-corrected chi connectivity index (χ4v) is 4.16. The molecule has 2 unspecified atom stereocenters. The van der Waals surface area contributed by atoms with Gasteiger partial charge in [-0.05, 0) is 50.6 Å². The second kappa shape index (κ2) is 10.4. The van der Waals surface area contributed by atoms with Gasteiger partial charge in [0.1, 0.15) is 6.04 Å². The summed E-state index contributed by atoms with van der Waals surface area (Å²) in [4.78, 5) is 41.6. The van der Waals surface area contributed by atoms with E-state index in [9.17, 15) is 19.5 Å². The lowest BCUT2D eigenvalue weighted by Gasteiger charge is -2.40. The Hall–Kier alpha value is -1.89. The summed E-state index contributed by atoms with van der Waals surface area (Å²) in [5.41, 5.74) is -0.299. The van der Waals surface area contributed by atoms with Crippen LogP contribution in [0.2, 0.25) is 0 Å². The fraction of sp³-hybridized carbons (Fsp3) is 0.783. The molecule has 0 bridgehead atoms. The van der Waals surface area contributed by atoms with Crippen molar-refractivity contribution in [3.05, 3.63) is 11.6 Å². The van der Waals surface area contributed by atoms with E-state index < -0.39 is 17.4 Å². The summed E-state index contributed by atoms with van der Waals surface area (Å²) in [6, 6.07) is -1.35. The fourth-order valence-electron chi connectivity index (χ4n) is 4.16. The average molecular weight is 424 g/mol. The first kappa shape index (κ1) is 26.1. The molecule has 1 saturated heterocycles. The highest BCUT2D eigenvalue weighted by Crippen LogP contribution is 2.26. The molecule has 2 amide bonds. The van der Waals surface area contributed by atoms with Crippen LogP contribution in [0.15, 0.2) is 11.6 Å². The standard InChI is InChI=1S/C23H41N3O4/c1-14(2)17(13-16(4)22(29)30)26(9)21(28)19(23(5,6)7)24-20(27)18-15(3)11-10-12-25(18)8/h13-15,17-19H,10-12H2,1-9H3,(H,24,27)(H,29,30)/t15?,17-,18?,19-/m1/s1. The third kappa shape index (κ3) is 6.56. The highest BCUT2D eigenvalue weighted by Gasteiger charge is 2.40. The SMILES string of the molecule is CC(=C[C@H](C(C)C)N(C)C(=O)[C@@H](NC(=O)C1C(C)CCCN1C)C(C)(C)C)C(=O)O. The molecule has 0 saturated carbocycles. The summed E-state index contributed by atoms with van der Waals surface area (Å²) in [5, 5.41) is 12.3. The maximum atomic E-state index is 13.5. The van der Waals surface area contributed by atoms with Crippen LogP contribution in [0.25, 0.3) is 0 Å². The second-order valence-electron chi connectivity index (χ2n) is 10.2. The number of piperidine rings is 1. The number of aliphatic carboxylic acids is 1. The van der Waals surface area contributed by atoms with Crippen LogP contribution in [0.4, 0.5) is 0 Å². The van der Waals surface area contributed by atoms with E-state index in [2.05, 4.69) is 17.1 Å². The highest BCUT2D eigenvalue weighted by molar-refractivity contribution is 5.91. The van der Waals surface area contributed by atoms with Gasteiger partial charge in [-0.25, -0.2) is 4.79 Å². The molecule has 4 atom stereocenters. The number of likely N-dealkylation sites (tertiary alicyclic amines) is 1. The topological polar surface area (TPSA) is 90.0 Å². The minimum absolute atomic E-state index is 0.0223. The minimum Gasteiger partial charge on any atom is -0.478 e. The van der Waals surface area contributed by atoms with Crippen molar-refractivity contribution in [3.63, 3.8) is 0 Å². The molecule has 1 aliphatic rings. The van der Waals surface area contributed by atoms with Crippen LogP contribution in [0, 0.1) is 17.3 Å². The predicted octanol–water partition coefficient (Wildman–Crippen LogP) is 2.76. The highest BCUT2D eigenvalue weighted by atomic mass is 16.4. The van der Waals surface area contributed by atoms with E-state index in [0.29, 0.717) is 0 Å². The van der Waals surface area contributed by atoms with Crippen LogP contribution < -0.4 is 5.32 Å². The summed E-state index contributed by atoms with van der Waals surface area (Å²) in [6.07, 6.45) is 3.67. The van der Waals surface area contributed by atoms with Crippen LogP contribution in [0.5, 0.6) is 0 Å². The van der Waals surface area contributed by atoms with Crippen molar-refractivity contribution in [1.82, 2.24) is 15.1 Å². The van der Waals surface area contributed by atoms with E-state index in [1.54, 1.807) is 18.0 Å². The third-order valence-corrected chi connectivity index (χ3v) is 6.09. The van der Waals surface area contributed by atoms with Gasteiger partial charge in [0.05, 0.1) is 12.1 Å². The Labute approximate surface area is 181 Å². The van der Waals surface area contributed by atoms with Gasteiger partial charge in [0.15, 0.2) is 0 Å². The Morgan fingerprint density at radius 2 is 1.80 bits per heavy atom. The molecule has 0 spiro atoms. The number of nitrogens with one attached hydrogen (secondary N) is 1. The molecule has 2 N–H and O–H groups in total. The molecule has 7 heteroatoms. The van der Waals surface area contributed by atoms with E-state index in [1.165, 1.54) is 6.92 Å². The predicted molar refractivity (Wildman–Crippen MR) is 119 cm³/mol. The largest absolute Gasteiger partial charge is 0.478 e. The molecule has 0 radical (unpaired) electrons. The number of carbonyl (C=O) groups excluding carboxylic acids is 2. The van der Waals surface area contributed by atoms with Crippen molar-refractivity contribution in [1.29, 1.82) is 0 Å². The number of hydrogen-bond donors (Lipinski definition) is 2. The summed E-state index contributed by atoms with van der Waals surface area (Å²) in [6.45, 7) is 14.2. The number of amides is 2. The number of rotatable bonds is 7. The normalized spacial score (nSPS) is 23.1. The van der Waals surface area contributed by atoms with Gasteiger partial charge in [-0.1, -0.05) is 47.6 Å². The molecule has 30 heavy (non-hydrogen) atoms. The number of carboxylic acids is 1. The van der Waals surface area contributed by atoms with Crippen molar-refractivity contribution in [3.8, 4) is 0 Å². The van der Waals surface area contributed by atoms with E-state index in [0.717, 1.165) is 19.4 Å². The maximum Gasteiger partial charge on any atom is 0.331 e. The van der Waals surface area contributed by atoms with Gasteiger partial charge in [-0.3, -0.25) is 14.5 Å². The van der Waals surface area contributed by atoms with Crippen LogP contribution in [0.3, 0.4) is 0 Å². The van der Waals surface area contributed by atoms with Crippen LogP contribution in [-0.4, -0.2) is 71.5 Å². The Morgan fingerprint density at radius 1 is 1.23 bits per heavy atom. The average Bonchev–Trinajstić information content (AvgIpc) is 2.61. The molecular weight excluding hydrogens is 382 g/mol. The zero-order valence-corrected chi connectivity index (χ0v) is 20.2. The van der Waals surface area contributed by atoms with E-state index in [4.69, 9.17) is 0 Å². The first-order valence-electron chi connectivity index (χ1n) is 10.9. The van der Waals surface area contributed by atoms with Crippen molar-refractivity contribution in [2.45, 2.75) is 79.4 Å². The molecular formula is C23H41N3O4. The molecule has 1 fully saturated rings. The van der Waals surface area contributed by atoms with Gasteiger partial charge in [-0.2, -0.15) is 0 Å².